The van der Waals surface area contributed by atoms with Crippen LogP contribution in [0, 0.1) is 0 Å². The van der Waals surface area contributed by atoms with E-state index in [1.165, 1.54) is 12.1 Å². The number of hydrogen-bond acceptors (Lipinski definition) is 2. The Kier molecular flexibility index (Phi) is 4.72. The first-order valence-corrected chi connectivity index (χ1v) is 9.67. The van der Waals surface area contributed by atoms with E-state index in [1.54, 1.807) is 6.92 Å². The highest BCUT2D eigenvalue weighted by Crippen LogP contribution is 2.41. The van der Waals surface area contributed by atoms with Crippen LogP contribution in [0.5, 0.6) is 5.75 Å². The highest BCUT2D eigenvalue weighted by atomic mass is 35.5. The molecule has 0 atom stereocenters. The number of phenolic OH excluding ortho intramolecular Hbond substituents is 1. The van der Waals surface area contributed by atoms with E-state index in [0.29, 0.717) is 16.7 Å². The van der Waals surface area contributed by atoms with Crippen molar-refractivity contribution in [1.29, 1.82) is 0 Å². The molecule has 1 N–H and O–H groups in total. The first kappa shape index (κ1) is 16.7. The van der Waals surface area contributed by atoms with E-state index in [2.05, 4.69) is 0 Å². The zero-order valence-electron chi connectivity index (χ0n) is 21.0. The molecule has 0 heterocycles. The van der Waals surface area contributed by atoms with Gasteiger partial charge in [-0.15, -0.1) is 0 Å². The fourth-order valence-electron chi connectivity index (χ4n) is 2.97. The molecule has 0 fully saturated rings. The number of benzene rings is 1. The number of halogens is 2. The largest absolute Gasteiger partial charge is 0.507 e. The van der Waals surface area contributed by atoms with Crippen molar-refractivity contribution in [1.82, 2.24) is 0 Å². The summed E-state index contributed by atoms with van der Waals surface area (Å²) < 4.78 is 34.3. The molecule has 0 aliphatic heterocycles. The number of hydrogen-bond donors (Lipinski definition) is 1. The van der Waals surface area contributed by atoms with Crippen LogP contribution in [0.1, 0.15) is 83.4 Å². The van der Waals surface area contributed by atoms with Gasteiger partial charge < -0.3 is 5.11 Å². The summed E-state index contributed by atoms with van der Waals surface area (Å²) in [6, 6.07) is 2.91. The van der Waals surface area contributed by atoms with Gasteiger partial charge in [0, 0.05) is 17.4 Å². The Bertz CT molecular complexity index is 959. The van der Waals surface area contributed by atoms with Gasteiger partial charge in [0.15, 0.2) is 5.78 Å². The monoisotopic (exact) mass is 412 g/mol. The molecule has 1 aromatic rings. The maximum Gasteiger partial charge on any atom is 0.161 e. The van der Waals surface area contributed by atoms with Crippen molar-refractivity contribution in [3.8, 4) is 5.75 Å². The summed E-state index contributed by atoms with van der Waals surface area (Å²) in [5.74, 6) is -0.972. The molecule has 2 rings (SSSR count). The standard InChI is InChI=1S/C23H30Cl2O2/c1-13-10-15(20(25)19(13)24)18(26)9-8-14-11-16(22(2,3)4)21(27)17(12-14)23(5,6)7/h11-12,27H,8-10H2,1-7H3/i8D2,9D2. The van der Waals surface area contributed by atoms with Gasteiger partial charge >= 0.3 is 0 Å². The molecular weight excluding hydrogens is 379 g/mol. The SMILES string of the molecule is [2H]C([2H])(C(=O)C1=C(Cl)C(Cl)=C(C)C1)C([2H])([2H])c1cc(C(C)(C)C)c(O)c(C(C)(C)C)c1. The van der Waals surface area contributed by atoms with E-state index in [0.717, 1.165) is 0 Å². The van der Waals surface area contributed by atoms with Crippen molar-refractivity contribution in [3.05, 3.63) is 50.0 Å². The van der Waals surface area contributed by atoms with Crippen molar-refractivity contribution >= 4 is 29.0 Å². The lowest BCUT2D eigenvalue weighted by atomic mass is 9.78. The van der Waals surface area contributed by atoms with Gasteiger partial charge in [-0.05, 0) is 52.8 Å². The molecule has 0 saturated heterocycles. The molecule has 27 heavy (non-hydrogen) atoms. The second-order valence-corrected chi connectivity index (χ2v) is 9.82. The maximum absolute atomic E-state index is 13.1. The summed E-state index contributed by atoms with van der Waals surface area (Å²) in [4.78, 5) is 13.1. The molecule has 148 valence electrons. The van der Waals surface area contributed by atoms with E-state index in [-0.39, 0.29) is 33.4 Å². The highest BCUT2D eigenvalue weighted by molar-refractivity contribution is 6.46. The smallest absolute Gasteiger partial charge is 0.161 e. The van der Waals surface area contributed by atoms with E-state index < -0.39 is 29.4 Å². The Morgan fingerprint density at radius 3 is 1.93 bits per heavy atom. The van der Waals surface area contributed by atoms with Gasteiger partial charge in [-0.2, -0.15) is 0 Å². The molecule has 0 bridgehead atoms. The minimum atomic E-state index is -2.91. The Morgan fingerprint density at radius 2 is 1.56 bits per heavy atom. The van der Waals surface area contributed by atoms with Crippen LogP contribution in [0.15, 0.2) is 33.3 Å². The molecule has 0 amide bonds. The predicted octanol–water partition coefficient (Wildman–Crippen LogP) is 6.90. The number of Topliss-reactive ketones (excluding diaryl/α,β-unsaturated/α-hetero) is 1. The van der Waals surface area contributed by atoms with Crippen molar-refractivity contribution in [2.24, 2.45) is 0 Å². The third-order valence-electron chi connectivity index (χ3n) is 4.59. The normalized spacial score (nSPS) is 19.0. The second-order valence-electron chi connectivity index (χ2n) is 9.06. The minimum Gasteiger partial charge on any atom is -0.507 e. The first-order chi connectivity index (χ1) is 13.7. The highest BCUT2D eigenvalue weighted by Gasteiger charge is 2.27. The molecule has 0 radical (unpaired) electrons. The summed E-state index contributed by atoms with van der Waals surface area (Å²) >= 11 is 12.2. The van der Waals surface area contributed by atoms with Crippen molar-refractivity contribution in [2.75, 3.05) is 0 Å². The summed E-state index contributed by atoms with van der Waals surface area (Å²) in [5.41, 5.74) is 0.521. The summed E-state index contributed by atoms with van der Waals surface area (Å²) in [6.45, 7) is 13.0. The maximum atomic E-state index is 13.1. The molecule has 4 heteroatoms. The van der Waals surface area contributed by atoms with Gasteiger partial charge in [0.1, 0.15) is 5.75 Å². The van der Waals surface area contributed by atoms with Crippen LogP contribution in [0.4, 0.5) is 0 Å². The predicted molar refractivity (Wildman–Crippen MR) is 115 cm³/mol. The molecular formula is C23H30Cl2O2. The lowest BCUT2D eigenvalue weighted by Crippen LogP contribution is -2.18. The Hall–Kier alpha value is -1.25. The van der Waals surface area contributed by atoms with E-state index in [4.69, 9.17) is 28.7 Å². The van der Waals surface area contributed by atoms with E-state index in [1.807, 2.05) is 41.5 Å². The lowest BCUT2D eigenvalue weighted by molar-refractivity contribution is -0.115. The van der Waals surface area contributed by atoms with Crippen molar-refractivity contribution < 1.29 is 15.4 Å². The number of ketones is 1. The second kappa shape index (κ2) is 7.64. The van der Waals surface area contributed by atoms with E-state index in [9.17, 15) is 9.90 Å². The number of aryl methyl sites for hydroxylation is 1. The zero-order chi connectivity index (χ0) is 24.3. The molecule has 0 aromatic heterocycles. The van der Waals surface area contributed by atoms with Crippen LogP contribution in [0.2, 0.25) is 0 Å². The fraction of sp³-hybridized carbons (Fsp3) is 0.522. The molecule has 0 unspecified atom stereocenters. The molecule has 0 saturated carbocycles. The van der Waals surface area contributed by atoms with Crippen LogP contribution in [-0.4, -0.2) is 10.9 Å². The van der Waals surface area contributed by atoms with Crippen LogP contribution in [-0.2, 0) is 22.0 Å². The summed E-state index contributed by atoms with van der Waals surface area (Å²) in [7, 11) is 0. The number of carbonyl (C=O) groups excluding carboxylic acids is 1. The quantitative estimate of drug-likeness (QED) is 0.583. The first-order valence-electron chi connectivity index (χ1n) is 10.9. The minimum absolute atomic E-state index is 0.0102. The van der Waals surface area contributed by atoms with Gasteiger partial charge in [0.2, 0.25) is 0 Å². The van der Waals surface area contributed by atoms with Gasteiger partial charge in [-0.3, -0.25) is 4.79 Å². The van der Waals surface area contributed by atoms with Crippen molar-refractivity contribution in [3.63, 3.8) is 0 Å². The van der Waals surface area contributed by atoms with E-state index >= 15 is 0 Å². The molecule has 1 aliphatic carbocycles. The van der Waals surface area contributed by atoms with Gasteiger partial charge in [0.25, 0.3) is 0 Å². The molecule has 1 aliphatic rings. The average Bonchev–Trinajstić information content (AvgIpc) is 2.86. The van der Waals surface area contributed by atoms with Crippen LogP contribution < -0.4 is 0 Å². The summed E-state index contributed by atoms with van der Waals surface area (Å²) in [5, 5.41) is 11.1. The fourth-order valence-corrected chi connectivity index (χ4v) is 3.47. The van der Waals surface area contributed by atoms with Crippen LogP contribution >= 0.6 is 23.2 Å². The van der Waals surface area contributed by atoms with Crippen molar-refractivity contribution in [2.45, 2.75) is 78.5 Å². The number of allylic oxidation sites excluding steroid dienone is 4. The topological polar surface area (TPSA) is 37.3 Å². The number of rotatable bonds is 4. The van der Waals surface area contributed by atoms with Crippen LogP contribution in [0.3, 0.4) is 0 Å². The Morgan fingerprint density at radius 1 is 1.07 bits per heavy atom. The Labute approximate surface area is 178 Å². The zero-order valence-corrected chi connectivity index (χ0v) is 18.5. The third kappa shape index (κ3) is 4.78. The van der Waals surface area contributed by atoms with Gasteiger partial charge in [-0.25, -0.2) is 0 Å². The van der Waals surface area contributed by atoms with Crippen LogP contribution in [0.25, 0.3) is 0 Å². The van der Waals surface area contributed by atoms with Gasteiger partial charge in [0.05, 0.1) is 10.1 Å². The summed E-state index contributed by atoms with van der Waals surface area (Å²) in [6.07, 6.45) is -5.52. The van der Waals surface area contributed by atoms with Gasteiger partial charge in [-0.1, -0.05) is 76.9 Å². The third-order valence-corrected chi connectivity index (χ3v) is 5.62. The molecule has 0 spiro atoms. The molecule has 2 nitrogen and oxygen atoms in total. The average molecular weight is 413 g/mol. The number of aromatic hydroxyl groups is 1. The Balaban J connectivity index is 2.70. The lowest BCUT2D eigenvalue weighted by Gasteiger charge is -2.28. The number of carbonyl (C=O) groups is 1. The number of phenols is 1. The molecule has 1 aromatic carbocycles.